The van der Waals surface area contributed by atoms with E-state index in [1.54, 1.807) is 7.11 Å². The average molecular weight is 253 g/mol. The zero-order valence-electron chi connectivity index (χ0n) is 12.4. The zero-order chi connectivity index (χ0) is 13.5. The van der Waals surface area contributed by atoms with Crippen molar-refractivity contribution in [3.63, 3.8) is 0 Å². The van der Waals surface area contributed by atoms with Gasteiger partial charge < -0.3 is 10.1 Å². The van der Waals surface area contributed by atoms with Crippen LogP contribution in [-0.2, 0) is 11.3 Å². The van der Waals surface area contributed by atoms with E-state index in [0.717, 1.165) is 38.2 Å². The number of rotatable bonds is 8. The topological polar surface area (TPSA) is 39.1 Å². The van der Waals surface area contributed by atoms with Crippen LogP contribution >= 0.6 is 0 Å². The van der Waals surface area contributed by atoms with Gasteiger partial charge >= 0.3 is 0 Å². The van der Waals surface area contributed by atoms with Gasteiger partial charge in [-0.2, -0.15) is 5.10 Å². The van der Waals surface area contributed by atoms with Gasteiger partial charge in [0.05, 0.1) is 5.69 Å². The molecule has 1 rings (SSSR count). The number of nitrogens with zero attached hydrogens (tertiary/aromatic N) is 2. The van der Waals surface area contributed by atoms with Crippen LogP contribution in [0.15, 0.2) is 0 Å². The molecule has 4 heteroatoms. The van der Waals surface area contributed by atoms with Crippen LogP contribution in [0.3, 0.4) is 0 Å². The Morgan fingerprint density at radius 1 is 1.39 bits per heavy atom. The second-order valence-electron chi connectivity index (χ2n) is 4.83. The van der Waals surface area contributed by atoms with Crippen LogP contribution in [0, 0.1) is 13.8 Å². The molecule has 104 valence electrons. The van der Waals surface area contributed by atoms with Gasteiger partial charge in [-0.05, 0) is 40.2 Å². The third kappa shape index (κ3) is 3.82. The highest BCUT2D eigenvalue weighted by molar-refractivity contribution is 5.27. The molecule has 0 aliphatic rings. The molecule has 1 N–H and O–H groups in total. The number of ether oxygens (including phenoxy) is 1. The van der Waals surface area contributed by atoms with Crippen molar-refractivity contribution in [3.8, 4) is 0 Å². The fourth-order valence-corrected chi connectivity index (χ4v) is 2.38. The summed E-state index contributed by atoms with van der Waals surface area (Å²) in [6.45, 7) is 11.4. The van der Waals surface area contributed by atoms with Crippen molar-refractivity contribution in [2.75, 3.05) is 20.3 Å². The third-order valence-electron chi connectivity index (χ3n) is 3.29. The molecular weight excluding hydrogens is 226 g/mol. The van der Waals surface area contributed by atoms with Crippen molar-refractivity contribution in [1.82, 2.24) is 15.1 Å². The monoisotopic (exact) mass is 253 g/mol. The molecule has 18 heavy (non-hydrogen) atoms. The van der Waals surface area contributed by atoms with Crippen LogP contribution in [0.5, 0.6) is 0 Å². The molecule has 1 atom stereocenters. The fraction of sp³-hybridized carbons (Fsp3) is 0.786. The van der Waals surface area contributed by atoms with Crippen LogP contribution in [0.2, 0.25) is 0 Å². The molecule has 0 saturated heterocycles. The lowest BCUT2D eigenvalue weighted by Crippen LogP contribution is -2.20. The maximum atomic E-state index is 5.09. The van der Waals surface area contributed by atoms with Crippen molar-refractivity contribution >= 4 is 0 Å². The molecule has 1 heterocycles. The van der Waals surface area contributed by atoms with E-state index < -0.39 is 0 Å². The number of methoxy groups -OCH3 is 1. The highest BCUT2D eigenvalue weighted by Gasteiger charge is 2.16. The normalized spacial score (nSPS) is 12.9. The number of aromatic nitrogens is 2. The minimum absolute atomic E-state index is 0.376. The Kier molecular flexibility index (Phi) is 6.36. The molecule has 0 aliphatic carbocycles. The highest BCUT2D eigenvalue weighted by atomic mass is 16.5. The summed E-state index contributed by atoms with van der Waals surface area (Å²) in [6.07, 6.45) is 2.17. The lowest BCUT2D eigenvalue weighted by atomic mass is 10.1. The van der Waals surface area contributed by atoms with Crippen molar-refractivity contribution in [3.05, 3.63) is 17.0 Å². The lowest BCUT2D eigenvalue weighted by Gasteiger charge is -2.14. The van der Waals surface area contributed by atoms with E-state index in [-0.39, 0.29) is 0 Å². The Hall–Kier alpha value is -0.870. The van der Waals surface area contributed by atoms with E-state index >= 15 is 0 Å². The van der Waals surface area contributed by atoms with Gasteiger partial charge in [0.25, 0.3) is 0 Å². The average Bonchev–Trinajstić information content (AvgIpc) is 2.62. The third-order valence-corrected chi connectivity index (χ3v) is 3.29. The predicted octanol–water partition coefficient (Wildman–Crippen LogP) is 2.60. The number of nitrogens with one attached hydrogen (secondary N) is 1. The molecule has 0 amide bonds. The van der Waals surface area contributed by atoms with Crippen LogP contribution < -0.4 is 5.32 Å². The van der Waals surface area contributed by atoms with E-state index in [0.29, 0.717) is 6.04 Å². The molecule has 0 aliphatic heterocycles. The zero-order valence-corrected chi connectivity index (χ0v) is 12.4. The van der Waals surface area contributed by atoms with Crippen LogP contribution in [0.4, 0.5) is 0 Å². The van der Waals surface area contributed by atoms with Gasteiger partial charge in [-0.15, -0.1) is 0 Å². The maximum Gasteiger partial charge on any atom is 0.0644 e. The Balaban J connectivity index is 2.73. The summed E-state index contributed by atoms with van der Waals surface area (Å²) in [6, 6.07) is 0.376. The van der Waals surface area contributed by atoms with Gasteiger partial charge in [0, 0.05) is 37.6 Å². The summed E-state index contributed by atoms with van der Waals surface area (Å²) in [7, 11) is 1.74. The molecule has 0 spiro atoms. The van der Waals surface area contributed by atoms with Crippen molar-refractivity contribution in [2.45, 2.75) is 53.1 Å². The second kappa shape index (κ2) is 7.54. The fourth-order valence-electron chi connectivity index (χ4n) is 2.38. The molecule has 0 aromatic carbocycles. The first-order valence-electron chi connectivity index (χ1n) is 6.88. The largest absolute Gasteiger partial charge is 0.385 e. The van der Waals surface area contributed by atoms with E-state index in [2.05, 4.69) is 42.8 Å². The first-order valence-corrected chi connectivity index (χ1v) is 6.88. The molecule has 1 aromatic rings. The van der Waals surface area contributed by atoms with E-state index in [1.165, 1.54) is 11.3 Å². The number of hydrogen-bond donors (Lipinski definition) is 1. The van der Waals surface area contributed by atoms with Crippen molar-refractivity contribution in [2.24, 2.45) is 0 Å². The minimum atomic E-state index is 0.376. The minimum Gasteiger partial charge on any atom is -0.385 e. The van der Waals surface area contributed by atoms with E-state index in [1.807, 2.05) is 0 Å². The molecule has 0 bridgehead atoms. The second-order valence-corrected chi connectivity index (χ2v) is 4.83. The SMILES string of the molecule is CCCNC(C)c1c(C)nn(CCCOC)c1C. The summed E-state index contributed by atoms with van der Waals surface area (Å²) in [5.74, 6) is 0. The quantitative estimate of drug-likeness (QED) is 0.724. The smallest absolute Gasteiger partial charge is 0.0644 e. The van der Waals surface area contributed by atoms with Crippen LogP contribution in [-0.4, -0.2) is 30.0 Å². The van der Waals surface area contributed by atoms with Gasteiger partial charge in [0.2, 0.25) is 0 Å². The van der Waals surface area contributed by atoms with Crippen LogP contribution in [0.1, 0.15) is 49.7 Å². The van der Waals surface area contributed by atoms with Crippen LogP contribution in [0.25, 0.3) is 0 Å². The Labute approximate surface area is 111 Å². The first kappa shape index (κ1) is 15.2. The van der Waals surface area contributed by atoms with Gasteiger partial charge in [-0.1, -0.05) is 6.92 Å². The van der Waals surface area contributed by atoms with Gasteiger partial charge in [0.15, 0.2) is 0 Å². The molecule has 0 saturated carbocycles. The first-order chi connectivity index (χ1) is 8.61. The summed E-state index contributed by atoms with van der Waals surface area (Å²) in [4.78, 5) is 0. The van der Waals surface area contributed by atoms with Crippen molar-refractivity contribution < 1.29 is 4.74 Å². The molecule has 1 unspecified atom stereocenters. The summed E-state index contributed by atoms with van der Waals surface area (Å²) >= 11 is 0. The van der Waals surface area contributed by atoms with E-state index in [9.17, 15) is 0 Å². The lowest BCUT2D eigenvalue weighted by molar-refractivity contribution is 0.188. The number of aryl methyl sites for hydroxylation is 2. The Morgan fingerprint density at radius 3 is 2.72 bits per heavy atom. The van der Waals surface area contributed by atoms with Gasteiger partial charge in [-0.25, -0.2) is 0 Å². The van der Waals surface area contributed by atoms with Gasteiger partial charge in [-0.3, -0.25) is 4.68 Å². The summed E-state index contributed by atoms with van der Waals surface area (Å²) in [5.41, 5.74) is 3.77. The standard InChI is InChI=1S/C14H27N3O/c1-6-8-15-11(2)14-12(3)16-17(13(14)4)9-7-10-18-5/h11,15H,6-10H2,1-5H3. The van der Waals surface area contributed by atoms with E-state index in [4.69, 9.17) is 4.74 Å². The summed E-state index contributed by atoms with van der Waals surface area (Å²) in [5, 5.41) is 8.17. The summed E-state index contributed by atoms with van der Waals surface area (Å²) < 4.78 is 7.19. The Morgan fingerprint density at radius 2 is 2.11 bits per heavy atom. The maximum absolute atomic E-state index is 5.09. The molecule has 0 fully saturated rings. The molecule has 4 nitrogen and oxygen atoms in total. The Bertz CT molecular complexity index is 360. The molecule has 0 radical (unpaired) electrons. The number of hydrogen-bond acceptors (Lipinski definition) is 3. The van der Waals surface area contributed by atoms with Gasteiger partial charge in [0.1, 0.15) is 0 Å². The predicted molar refractivity (Wildman–Crippen MR) is 74.9 cm³/mol. The molecule has 1 aromatic heterocycles. The highest BCUT2D eigenvalue weighted by Crippen LogP contribution is 2.21. The molecular formula is C14H27N3O. The van der Waals surface area contributed by atoms with Crippen molar-refractivity contribution in [1.29, 1.82) is 0 Å².